The van der Waals surface area contributed by atoms with Crippen LogP contribution in [0.15, 0.2) is 24.3 Å². The molecule has 0 bridgehead atoms. The number of nitrogens with one attached hydrogen (secondary N) is 2. The number of hydrogen-bond donors (Lipinski definition) is 2. The van der Waals surface area contributed by atoms with Gasteiger partial charge in [-0.25, -0.2) is 9.18 Å². The first-order valence-corrected chi connectivity index (χ1v) is 8.09. The Morgan fingerprint density at radius 1 is 1.31 bits per heavy atom. The van der Waals surface area contributed by atoms with Crippen LogP contribution < -0.4 is 15.5 Å². The third-order valence-electron chi connectivity index (χ3n) is 3.62. The Balaban J connectivity index is 1.85. The zero-order chi connectivity index (χ0) is 19.3. The largest absolute Gasteiger partial charge is 0.455 e. The molecule has 0 radical (unpaired) electrons. The number of imide groups is 1. The molecular formula is C17H20FN3O5. The van der Waals surface area contributed by atoms with Crippen molar-refractivity contribution in [3.05, 3.63) is 30.1 Å². The van der Waals surface area contributed by atoms with E-state index in [1.54, 1.807) is 19.9 Å². The van der Waals surface area contributed by atoms with Crippen LogP contribution in [-0.2, 0) is 19.1 Å². The quantitative estimate of drug-likeness (QED) is 0.756. The van der Waals surface area contributed by atoms with Crippen molar-refractivity contribution in [2.24, 2.45) is 5.92 Å². The highest BCUT2D eigenvalue weighted by molar-refractivity contribution is 6.00. The van der Waals surface area contributed by atoms with Gasteiger partial charge in [0.1, 0.15) is 5.82 Å². The van der Waals surface area contributed by atoms with Gasteiger partial charge in [0, 0.05) is 19.0 Å². The number of amides is 4. The SMILES string of the molecule is CC(C)NC(=O)NC(=O)COC(=O)[C@@H]1CC(=O)N(c2ccccc2F)C1. The van der Waals surface area contributed by atoms with Gasteiger partial charge < -0.3 is 15.0 Å². The van der Waals surface area contributed by atoms with Crippen molar-refractivity contribution in [3.63, 3.8) is 0 Å². The maximum Gasteiger partial charge on any atom is 0.321 e. The van der Waals surface area contributed by atoms with Crippen molar-refractivity contribution < 1.29 is 28.3 Å². The fraction of sp³-hybridized carbons (Fsp3) is 0.412. The smallest absolute Gasteiger partial charge is 0.321 e. The molecule has 0 aromatic heterocycles. The van der Waals surface area contributed by atoms with E-state index in [-0.39, 0.29) is 24.7 Å². The van der Waals surface area contributed by atoms with Crippen LogP contribution in [-0.4, -0.2) is 43.0 Å². The summed E-state index contributed by atoms with van der Waals surface area (Å²) in [5.74, 6) is -3.31. The first-order valence-electron chi connectivity index (χ1n) is 8.09. The van der Waals surface area contributed by atoms with Gasteiger partial charge >= 0.3 is 12.0 Å². The number of rotatable bonds is 5. The monoisotopic (exact) mass is 365 g/mol. The highest BCUT2D eigenvalue weighted by Crippen LogP contribution is 2.27. The summed E-state index contributed by atoms with van der Waals surface area (Å²) < 4.78 is 18.7. The molecule has 0 unspecified atom stereocenters. The molecule has 4 amide bonds. The van der Waals surface area contributed by atoms with E-state index in [2.05, 4.69) is 5.32 Å². The van der Waals surface area contributed by atoms with Crippen LogP contribution in [0.4, 0.5) is 14.9 Å². The van der Waals surface area contributed by atoms with E-state index in [1.807, 2.05) is 5.32 Å². The molecule has 1 aromatic carbocycles. The van der Waals surface area contributed by atoms with Crippen LogP contribution in [0.5, 0.6) is 0 Å². The summed E-state index contributed by atoms with van der Waals surface area (Å²) in [5.41, 5.74) is 0.0934. The van der Waals surface area contributed by atoms with Gasteiger partial charge in [0.15, 0.2) is 6.61 Å². The van der Waals surface area contributed by atoms with E-state index >= 15 is 0 Å². The van der Waals surface area contributed by atoms with Gasteiger partial charge in [-0.1, -0.05) is 12.1 Å². The Kier molecular flexibility index (Phi) is 6.26. The predicted octanol–water partition coefficient (Wildman–Crippen LogP) is 0.956. The highest BCUT2D eigenvalue weighted by atomic mass is 19.1. The van der Waals surface area contributed by atoms with Crippen LogP contribution in [0, 0.1) is 11.7 Å². The highest BCUT2D eigenvalue weighted by Gasteiger charge is 2.37. The van der Waals surface area contributed by atoms with Gasteiger partial charge in [-0.2, -0.15) is 0 Å². The van der Waals surface area contributed by atoms with E-state index < -0.39 is 42.2 Å². The Labute approximate surface area is 149 Å². The number of hydrogen-bond acceptors (Lipinski definition) is 5. The molecule has 1 saturated heterocycles. The lowest BCUT2D eigenvalue weighted by molar-refractivity contribution is -0.152. The second kappa shape index (κ2) is 8.41. The summed E-state index contributed by atoms with van der Waals surface area (Å²) in [7, 11) is 0. The molecule has 0 saturated carbocycles. The molecule has 0 spiro atoms. The molecule has 1 aliphatic heterocycles. The number of carbonyl (C=O) groups excluding carboxylic acids is 4. The second-order valence-corrected chi connectivity index (χ2v) is 6.14. The van der Waals surface area contributed by atoms with Gasteiger partial charge in [0.05, 0.1) is 11.6 Å². The molecule has 140 valence electrons. The van der Waals surface area contributed by atoms with Crippen molar-refractivity contribution in [3.8, 4) is 0 Å². The third kappa shape index (κ3) is 5.01. The number of ether oxygens (including phenoxy) is 1. The molecule has 26 heavy (non-hydrogen) atoms. The summed E-state index contributed by atoms with van der Waals surface area (Å²) in [4.78, 5) is 48.2. The van der Waals surface area contributed by atoms with Crippen molar-refractivity contribution in [1.82, 2.24) is 10.6 Å². The number of esters is 1. The standard InChI is InChI=1S/C17H20FN3O5/c1-10(2)19-17(25)20-14(22)9-26-16(24)11-7-15(23)21(8-11)13-6-4-3-5-12(13)18/h3-6,10-11H,7-9H2,1-2H3,(H2,19,20,22,25)/t11-/m1/s1. The summed E-state index contributed by atoms with van der Waals surface area (Å²) in [5, 5.41) is 4.47. The second-order valence-electron chi connectivity index (χ2n) is 6.14. The van der Waals surface area contributed by atoms with Crippen LogP contribution in [0.3, 0.4) is 0 Å². The molecule has 2 rings (SSSR count). The normalized spacial score (nSPS) is 16.5. The van der Waals surface area contributed by atoms with Crippen molar-refractivity contribution in [1.29, 1.82) is 0 Å². The Morgan fingerprint density at radius 3 is 2.65 bits per heavy atom. The minimum atomic E-state index is -0.806. The summed E-state index contributed by atoms with van der Waals surface area (Å²) >= 11 is 0. The lowest BCUT2D eigenvalue weighted by Crippen LogP contribution is -2.44. The summed E-state index contributed by atoms with van der Waals surface area (Å²) in [6.07, 6.45) is -0.136. The van der Waals surface area contributed by atoms with Crippen molar-refractivity contribution >= 4 is 29.5 Å². The average molecular weight is 365 g/mol. The molecule has 2 N–H and O–H groups in total. The van der Waals surface area contributed by atoms with Crippen LogP contribution in [0.2, 0.25) is 0 Å². The lowest BCUT2D eigenvalue weighted by atomic mass is 10.1. The predicted molar refractivity (Wildman–Crippen MR) is 89.6 cm³/mol. The van der Waals surface area contributed by atoms with Gasteiger partial charge in [-0.05, 0) is 26.0 Å². The number of halogens is 1. The van der Waals surface area contributed by atoms with E-state index in [9.17, 15) is 23.6 Å². The van der Waals surface area contributed by atoms with E-state index in [0.717, 1.165) is 0 Å². The Morgan fingerprint density at radius 2 is 2.00 bits per heavy atom. The van der Waals surface area contributed by atoms with E-state index in [4.69, 9.17) is 4.74 Å². The van der Waals surface area contributed by atoms with Gasteiger partial charge in [0.25, 0.3) is 5.91 Å². The van der Waals surface area contributed by atoms with Crippen molar-refractivity contribution in [2.45, 2.75) is 26.3 Å². The van der Waals surface area contributed by atoms with Crippen LogP contribution in [0.1, 0.15) is 20.3 Å². The van der Waals surface area contributed by atoms with Gasteiger partial charge in [-0.15, -0.1) is 0 Å². The fourth-order valence-electron chi connectivity index (χ4n) is 2.48. The van der Waals surface area contributed by atoms with Crippen LogP contribution >= 0.6 is 0 Å². The Bertz CT molecular complexity index is 722. The molecule has 9 heteroatoms. The summed E-state index contributed by atoms with van der Waals surface area (Å²) in [6.45, 7) is 2.77. The molecule has 1 atom stereocenters. The zero-order valence-corrected chi connectivity index (χ0v) is 14.5. The van der Waals surface area contributed by atoms with Crippen molar-refractivity contribution in [2.75, 3.05) is 18.1 Å². The number of para-hydroxylation sites is 1. The molecular weight excluding hydrogens is 345 g/mol. The Hall–Kier alpha value is -2.97. The summed E-state index contributed by atoms with van der Waals surface area (Å²) in [6, 6.07) is 4.91. The topological polar surface area (TPSA) is 105 Å². The van der Waals surface area contributed by atoms with Gasteiger partial charge in [-0.3, -0.25) is 19.7 Å². The number of urea groups is 1. The third-order valence-corrected chi connectivity index (χ3v) is 3.62. The maximum atomic E-state index is 13.8. The number of benzene rings is 1. The lowest BCUT2D eigenvalue weighted by Gasteiger charge is -2.17. The van der Waals surface area contributed by atoms with Gasteiger partial charge in [0.2, 0.25) is 5.91 Å². The number of nitrogens with zero attached hydrogens (tertiary/aromatic N) is 1. The number of carbonyl (C=O) groups is 4. The van der Waals surface area contributed by atoms with E-state index in [1.165, 1.54) is 23.1 Å². The number of anilines is 1. The van der Waals surface area contributed by atoms with Crippen LogP contribution in [0.25, 0.3) is 0 Å². The fourth-order valence-corrected chi connectivity index (χ4v) is 2.48. The first kappa shape index (κ1) is 19.4. The molecule has 1 heterocycles. The molecule has 1 aromatic rings. The molecule has 0 aliphatic carbocycles. The minimum absolute atomic E-state index is 0.0337. The maximum absolute atomic E-state index is 13.8. The minimum Gasteiger partial charge on any atom is -0.455 e. The average Bonchev–Trinajstić information content (AvgIpc) is 2.94. The van der Waals surface area contributed by atoms with E-state index in [0.29, 0.717) is 0 Å². The zero-order valence-electron chi connectivity index (χ0n) is 14.5. The molecule has 8 nitrogen and oxygen atoms in total. The first-order chi connectivity index (χ1) is 12.3. The molecule has 1 aliphatic rings. The molecule has 1 fully saturated rings.